The van der Waals surface area contributed by atoms with Gasteiger partial charge in [0.2, 0.25) is 5.91 Å². The predicted octanol–water partition coefficient (Wildman–Crippen LogP) is 4.37. The number of fused-ring (bicyclic) bond motifs is 1. The van der Waals surface area contributed by atoms with E-state index in [2.05, 4.69) is 25.4 Å². The first-order valence-corrected chi connectivity index (χ1v) is 10.1. The lowest BCUT2D eigenvalue weighted by Crippen LogP contribution is -2.18. The summed E-state index contributed by atoms with van der Waals surface area (Å²) in [5, 5.41) is 9.21. The number of aromatic nitrogens is 5. The van der Waals surface area contributed by atoms with Gasteiger partial charge >= 0.3 is 6.18 Å². The van der Waals surface area contributed by atoms with Crippen LogP contribution in [0.3, 0.4) is 0 Å². The Morgan fingerprint density at radius 1 is 1.16 bits per heavy atom. The highest BCUT2D eigenvalue weighted by atomic mass is 32.1. The molecule has 1 amide bonds. The third kappa shape index (κ3) is 4.26. The standard InChI is InChI=1S/C20H17F3N6OS/c1-10-15(11(2)29-19(24-10)27-18(28-29)20(21,22)23)8-17(30)26-14-6-4-5-13(7-14)16-9-31-12(3)25-16/h4-7,9H,8H2,1-3H3,(H,26,30). The van der Waals surface area contributed by atoms with Crippen LogP contribution in [0.5, 0.6) is 0 Å². The molecule has 4 rings (SSSR count). The van der Waals surface area contributed by atoms with Crippen LogP contribution in [0, 0.1) is 20.8 Å². The zero-order valence-corrected chi connectivity index (χ0v) is 17.6. The van der Waals surface area contributed by atoms with E-state index in [1.807, 2.05) is 30.5 Å². The van der Waals surface area contributed by atoms with E-state index in [1.165, 1.54) is 11.3 Å². The Hall–Kier alpha value is -3.34. The summed E-state index contributed by atoms with van der Waals surface area (Å²) in [7, 11) is 0. The van der Waals surface area contributed by atoms with E-state index in [4.69, 9.17) is 0 Å². The normalized spacial score (nSPS) is 11.8. The Bertz CT molecular complexity index is 1290. The summed E-state index contributed by atoms with van der Waals surface area (Å²) in [6.07, 6.45) is -4.74. The fourth-order valence-corrected chi connectivity index (χ4v) is 3.82. The van der Waals surface area contributed by atoms with Gasteiger partial charge in [0.25, 0.3) is 11.6 Å². The van der Waals surface area contributed by atoms with Crippen molar-refractivity contribution < 1.29 is 18.0 Å². The molecule has 0 atom stereocenters. The van der Waals surface area contributed by atoms with E-state index < -0.39 is 12.0 Å². The molecular weight excluding hydrogens is 429 g/mol. The zero-order chi connectivity index (χ0) is 22.3. The number of carbonyl (C=O) groups is 1. The van der Waals surface area contributed by atoms with E-state index in [9.17, 15) is 18.0 Å². The molecule has 0 spiro atoms. The Labute approximate surface area is 179 Å². The molecule has 0 aliphatic carbocycles. The number of hydrogen-bond acceptors (Lipinski definition) is 6. The largest absolute Gasteiger partial charge is 0.453 e. The van der Waals surface area contributed by atoms with Gasteiger partial charge in [-0.25, -0.2) is 14.5 Å². The molecule has 3 aromatic heterocycles. The van der Waals surface area contributed by atoms with Gasteiger partial charge < -0.3 is 5.32 Å². The van der Waals surface area contributed by atoms with Crippen molar-refractivity contribution in [3.8, 4) is 11.3 Å². The fourth-order valence-electron chi connectivity index (χ4n) is 3.20. The lowest BCUT2D eigenvalue weighted by molar-refractivity contribution is -0.144. The summed E-state index contributed by atoms with van der Waals surface area (Å²) in [5.74, 6) is -1.74. The molecule has 0 unspecified atom stereocenters. The summed E-state index contributed by atoms with van der Waals surface area (Å²) in [6.45, 7) is 5.13. The van der Waals surface area contributed by atoms with Crippen molar-refractivity contribution in [3.05, 3.63) is 57.4 Å². The van der Waals surface area contributed by atoms with Crippen LogP contribution in [0.4, 0.5) is 18.9 Å². The number of nitrogens with one attached hydrogen (secondary N) is 1. The molecule has 11 heteroatoms. The monoisotopic (exact) mass is 446 g/mol. The number of nitrogens with zero attached hydrogens (tertiary/aromatic N) is 5. The van der Waals surface area contributed by atoms with Crippen molar-refractivity contribution in [2.24, 2.45) is 0 Å². The molecule has 0 saturated heterocycles. The molecule has 1 aromatic carbocycles. The quantitative estimate of drug-likeness (QED) is 0.503. The van der Waals surface area contributed by atoms with Gasteiger partial charge in [0.15, 0.2) is 0 Å². The number of benzene rings is 1. The smallest absolute Gasteiger partial charge is 0.326 e. The Balaban J connectivity index is 1.57. The number of thiazole rings is 1. The molecule has 31 heavy (non-hydrogen) atoms. The Kier molecular flexibility index (Phi) is 5.21. The maximum Gasteiger partial charge on any atom is 0.453 e. The second-order valence-corrected chi connectivity index (χ2v) is 8.03. The van der Waals surface area contributed by atoms with Crippen molar-refractivity contribution in [2.75, 3.05) is 5.32 Å². The SMILES string of the molecule is Cc1nc(-c2cccc(NC(=O)Cc3c(C)nc4nc(C(F)(F)F)nn4c3C)c2)cs1. The van der Waals surface area contributed by atoms with Crippen molar-refractivity contribution in [2.45, 2.75) is 33.4 Å². The lowest BCUT2D eigenvalue weighted by atomic mass is 10.1. The van der Waals surface area contributed by atoms with Crippen LogP contribution >= 0.6 is 11.3 Å². The molecule has 0 aliphatic rings. The highest BCUT2D eigenvalue weighted by molar-refractivity contribution is 7.09. The topological polar surface area (TPSA) is 85.1 Å². The van der Waals surface area contributed by atoms with Crippen LogP contribution in [0.15, 0.2) is 29.6 Å². The van der Waals surface area contributed by atoms with Crippen LogP contribution in [0.2, 0.25) is 0 Å². The number of amides is 1. The minimum absolute atomic E-state index is 0.0676. The van der Waals surface area contributed by atoms with Gasteiger partial charge in [-0.2, -0.15) is 18.2 Å². The van der Waals surface area contributed by atoms with Crippen molar-refractivity contribution >= 4 is 28.7 Å². The van der Waals surface area contributed by atoms with Gasteiger partial charge in [0, 0.05) is 33.6 Å². The highest BCUT2D eigenvalue weighted by Gasteiger charge is 2.37. The number of alkyl halides is 3. The molecule has 0 bridgehead atoms. The summed E-state index contributed by atoms with van der Waals surface area (Å²) in [6, 6.07) is 7.30. The summed E-state index contributed by atoms with van der Waals surface area (Å²) in [4.78, 5) is 24.6. The maximum atomic E-state index is 12.9. The van der Waals surface area contributed by atoms with Gasteiger partial charge in [0.05, 0.1) is 17.1 Å². The van der Waals surface area contributed by atoms with E-state index in [-0.39, 0.29) is 18.1 Å². The molecule has 0 saturated carbocycles. The third-order valence-electron chi connectivity index (χ3n) is 4.70. The van der Waals surface area contributed by atoms with E-state index in [0.717, 1.165) is 20.8 Å². The summed E-state index contributed by atoms with van der Waals surface area (Å²) in [5.41, 5.74) is 3.60. The van der Waals surface area contributed by atoms with Gasteiger partial charge in [0.1, 0.15) is 0 Å². The summed E-state index contributed by atoms with van der Waals surface area (Å²) < 4.78 is 39.8. The predicted molar refractivity (Wildman–Crippen MR) is 110 cm³/mol. The number of anilines is 1. The van der Waals surface area contributed by atoms with Gasteiger partial charge in [-0.15, -0.1) is 16.4 Å². The van der Waals surface area contributed by atoms with Crippen LogP contribution in [-0.4, -0.2) is 30.5 Å². The van der Waals surface area contributed by atoms with Crippen LogP contribution in [-0.2, 0) is 17.4 Å². The second-order valence-electron chi connectivity index (χ2n) is 6.96. The first-order chi connectivity index (χ1) is 14.6. The van der Waals surface area contributed by atoms with E-state index >= 15 is 0 Å². The molecule has 4 aromatic rings. The average Bonchev–Trinajstić information content (AvgIpc) is 3.32. The van der Waals surface area contributed by atoms with Gasteiger partial charge in [-0.05, 0) is 32.9 Å². The molecule has 160 valence electrons. The minimum Gasteiger partial charge on any atom is -0.326 e. The van der Waals surface area contributed by atoms with E-state index in [1.54, 1.807) is 19.9 Å². The third-order valence-corrected chi connectivity index (χ3v) is 5.47. The molecule has 1 N–H and O–H groups in total. The van der Waals surface area contributed by atoms with Crippen molar-refractivity contribution in [3.63, 3.8) is 0 Å². The van der Waals surface area contributed by atoms with Crippen molar-refractivity contribution in [1.82, 2.24) is 24.6 Å². The molecule has 0 fully saturated rings. The fraction of sp³-hybridized carbons (Fsp3) is 0.250. The number of halogens is 3. The van der Waals surface area contributed by atoms with Crippen LogP contribution < -0.4 is 5.32 Å². The number of rotatable bonds is 4. The van der Waals surface area contributed by atoms with Gasteiger partial charge in [-0.3, -0.25) is 4.79 Å². The first kappa shape index (κ1) is 20.9. The van der Waals surface area contributed by atoms with Gasteiger partial charge in [-0.1, -0.05) is 12.1 Å². The molecule has 3 heterocycles. The number of carbonyl (C=O) groups excluding carboxylic acids is 1. The zero-order valence-electron chi connectivity index (χ0n) is 16.8. The first-order valence-electron chi connectivity index (χ1n) is 9.24. The molecule has 0 aliphatic heterocycles. The van der Waals surface area contributed by atoms with Crippen LogP contribution in [0.1, 0.15) is 27.8 Å². The molecule has 0 radical (unpaired) electrons. The van der Waals surface area contributed by atoms with Crippen LogP contribution in [0.25, 0.3) is 17.0 Å². The lowest BCUT2D eigenvalue weighted by Gasteiger charge is -2.11. The van der Waals surface area contributed by atoms with Crippen molar-refractivity contribution in [1.29, 1.82) is 0 Å². The molecule has 7 nitrogen and oxygen atoms in total. The number of aryl methyl sites for hydroxylation is 3. The number of hydrogen-bond donors (Lipinski definition) is 1. The van der Waals surface area contributed by atoms with E-state index in [0.29, 0.717) is 22.6 Å². The average molecular weight is 446 g/mol. The maximum absolute atomic E-state index is 12.9. The molecular formula is C20H17F3N6OS. The highest BCUT2D eigenvalue weighted by Crippen LogP contribution is 2.27. The second kappa shape index (κ2) is 7.73. The Morgan fingerprint density at radius 3 is 2.61 bits per heavy atom. The summed E-state index contributed by atoms with van der Waals surface area (Å²) >= 11 is 1.54. The Morgan fingerprint density at radius 2 is 1.94 bits per heavy atom. The minimum atomic E-state index is -4.67.